The molecule has 1 unspecified atom stereocenters. The molecule has 34 heavy (non-hydrogen) atoms. The fourth-order valence-electron chi connectivity index (χ4n) is 4.42. The second-order valence-electron chi connectivity index (χ2n) is 8.20. The van der Waals surface area contributed by atoms with Crippen molar-refractivity contribution in [1.82, 2.24) is 19.4 Å². The van der Waals surface area contributed by atoms with Crippen LogP contribution >= 0.6 is 23.2 Å². The van der Waals surface area contributed by atoms with Crippen molar-refractivity contribution in [3.05, 3.63) is 65.6 Å². The highest BCUT2D eigenvalue weighted by Crippen LogP contribution is 2.37. The summed E-state index contributed by atoms with van der Waals surface area (Å²) in [4.78, 5) is 11.0. The van der Waals surface area contributed by atoms with Crippen molar-refractivity contribution in [3.63, 3.8) is 0 Å². The molecule has 0 amide bonds. The molecule has 5 rings (SSSR count). The maximum Gasteiger partial charge on any atom is 0.162 e. The Morgan fingerprint density at radius 1 is 1.12 bits per heavy atom. The van der Waals surface area contributed by atoms with Gasteiger partial charge in [0, 0.05) is 36.1 Å². The third-order valence-corrected chi connectivity index (χ3v) is 7.06. The smallest absolute Gasteiger partial charge is 0.162 e. The predicted molar refractivity (Wildman–Crippen MR) is 134 cm³/mol. The van der Waals surface area contributed by atoms with Gasteiger partial charge in [-0.2, -0.15) is 0 Å². The van der Waals surface area contributed by atoms with Crippen molar-refractivity contribution in [2.75, 3.05) is 20.2 Å². The quantitative estimate of drug-likeness (QED) is 0.366. The first kappa shape index (κ1) is 22.9. The van der Waals surface area contributed by atoms with E-state index in [1.165, 1.54) is 6.33 Å². The van der Waals surface area contributed by atoms with Crippen molar-refractivity contribution in [1.29, 1.82) is 0 Å². The molecule has 0 aliphatic carbocycles. The second kappa shape index (κ2) is 9.43. The largest absolute Gasteiger partial charge is 0.493 e. The number of methoxy groups -OCH3 is 1. The summed E-state index contributed by atoms with van der Waals surface area (Å²) in [7, 11) is 1.62. The van der Waals surface area contributed by atoms with Crippen molar-refractivity contribution in [3.8, 4) is 17.3 Å². The first-order chi connectivity index (χ1) is 16.5. The van der Waals surface area contributed by atoms with Gasteiger partial charge in [-0.1, -0.05) is 29.8 Å². The number of nitrogens with zero attached hydrogens (tertiary/aromatic N) is 4. The van der Waals surface area contributed by atoms with Crippen LogP contribution in [0.2, 0.25) is 10.0 Å². The van der Waals surface area contributed by atoms with E-state index in [-0.39, 0.29) is 6.10 Å². The van der Waals surface area contributed by atoms with Gasteiger partial charge in [-0.25, -0.2) is 9.97 Å². The summed E-state index contributed by atoms with van der Waals surface area (Å²) in [5.74, 6) is 1.94. The molecule has 1 aliphatic heterocycles. The summed E-state index contributed by atoms with van der Waals surface area (Å²) in [6.45, 7) is 5.11. The summed E-state index contributed by atoms with van der Waals surface area (Å²) in [5.41, 5.74) is 1.63. The number of aliphatic hydroxyl groups excluding tert-OH is 1. The predicted octanol–water partition coefficient (Wildman–Crippen LogP) is 5.24. The number of hydrogen-bond acceptors (Lipinski definition) is 6. The molecule has 0 radical (unpaired) electrons. The molecule has 0 saturated carbocycles. The van der Waals surface area contributed by atoms with E-state index in [0.717, 1.165) is 47.7 Å². The minimum Gasteiger partial charge on any atom is -0.493 e. The van der Waals surface area contributed by atoms with E-state index in [1.807, 2.05) is 39.9 Å². The SMILES string of the molecule is C=CC(O)N1CCC(Oc2cc3c(-n4ccc5c(Cl)c(Cl)ccc54)ncnc3cc2OC)CC1. The standard InChI is InChI=1S/C25H24Cl2N4O3/c1-3-23(32)30-9-6-15(7-10-30)34-22-12-17-19(13-21(22)33-2)28-14-29-25(17)31-11-8-16-20(31)5-4-18(26)24(16)27/h3-5,8,11-15,23,32H,1,6-7,9-10H2,2H3. The lowest BCUT2D eigenvalue weighted by Crippen LogP contribution is -2.43. The monoisotopic (exact) mass is 498 g/mol. The zero-order valence-electron chi connectivity index (χ0n) is 18.6. The number of likely N-dealkylation sites (tertiary alicyclic amines) is 1. The zero-order chi connectivity index (χ0) is 23.8. The van der Waals surface area contributed by atoms with Gasteiger partial charge in [-0.05, 0) is 43.2 Å². The first-order valence-electron chi connectivity index (χ1n) is 11.0. The van der Waals surface area contributed by atoms with Gasteiger partial charge in [0.25, 0.3) is 0 Å². The molecule has 1 atom stereocenters. The Kier molecular flexibility index (Phi) is 6.36. The number of rotatable bonds is 6. The van der Waals surface area contributed by atoms with Crippen LogP contribution in [0.1, 0.15) is 12.8 Å². The van der Waals surface area contributed by atoms with Crippen molar-refractivity contribution >= 4 is 45.0 Å². The Bertz CT molecular complexity index is 1370. The molecular formula is C25H24Cl2N4O3. The third kappa shape index (κ3) is 4.09. The number of benzene rings is 2. The van der Waals surface area contributed by atoms with Crippen LogP contribution < -0.4 is 9.47 Å². The molecule has 7 nitrogen and oxygen atoms in total. The average Bonchev–Trinajstić information content (AvgIpc) is 3.30. The van der Waals surface area contributed by atoms with E-state index in [2.05, 4.69) is 16.5 Å². The highest BCUT2D eigenvalue weighted by Gasteiger charge is 2.25. The minimum absolute atomic E-state index is 0.000975. The van der Waals surface area contributed by atoms with Gasteiger partial charge in [0.15, 0.2) is 11.5 Å². The van der Waals surface area contributed by atoms with Crippen LogP contribution in [-0.2, 0) is 0 Å². The number of piperidine rings is 1. The maximum absolute atomic E-state index is 10.0. The molecule has 176 valence electrons. The second-order valence-corrected chi connectivity index (χ2v) is 8.99. The molecule has 1 N–H and O–H groups in total. The van der Waals surface area contributed by atoms with Crippen LogP contribution in [0.5, 0.6) is 11.5 Å². The highest BCUT2D eigenvalue weighted by molar-refractivity contribution is 6.45. The van der Waals surface area contributed by atoms with Crippen LogP contribution in [0.3, 0.4) is 0 Å². The van der Waals surface area contributed by atoms with Crippen LogP contribution in [0.4, 0.5) is 0 Å². The molecule has 3 heterocycles. The van der Waals surface area contributed by atoms with E-state index in [4.69, 9.17) is 32.7 Å². The van der Waals surface area contributed by atoms with Gasteiger partial charge in [0.1, 0.15) is 24.5 Å². The fourth-order valence-corrected chi connectivity index (χ4v) is 4.81. The minimum atomic E-state index is -0.629. The average molecular weight is 499 g/mol. The van der Waals surface area contributed by atoms with Gasteiger partial charge < -0.3 is 19.1 Å². The Hall–Kier alpha value is -2.84. The number of ether oxygens (including phenoxy) is 2. The Morgan fingerprint density at radius 2 is 1.91 bits per heavy atom. The molecule has 0 bridgehead atoms. The summed E-state index contributed by atoms with van der Waals surface area (Å²) in [6.07, 6.45) is 5.93. The lowest BCUT2D eigenvalue weighted by molar-refractivity contribution is 0.000482. The molecule has 2 aromatic carbocycles. The number of halogens is 2. The lowest BCUT2D eigenvalue weighted by Gasteiger charge is -2.34. The number of hydrogen-bond donors (Lipinski definition) is 1. The summed E-state index contributed by atoms with van der Waals surface area (Å²) >= 11 is 12.6. The van der Waals surface area contributed by atoms with Gasteiger partial charge in [0.2, 0.25) is 0 Å². The maximum atomic E-state index is 10.0. The first-order valence-corrected chi connectivity index (χ1v) is 11.7. The summed E-state index contributed by atoms with van der Waals surface area (Å²) < 4.78 is 14.0. The van der Waals surface area contributed by atoms with Gasteiger partial charge in [0.05, 0.1) is 28.2 Å². The Morgan fingerprint density at radius 3 is 2.65 bits per heavy atom. The Balaban J connectivity index is 1.52. The van der Waals surface area contributed by atoms with E-state index in [0.29, 0.717) is 27.4 Å². The lowest BCUT2D eigenvalue weighted by atomic mass is 10.1. The van der Waals surface area contributed by atoms with Crippen molar-refractivity contribution in [2.24, 2.45) is 0 Å². The fraction of sp³-hybridized carbons (Fsp3) is 0.280. The van der Waals surface area contributed by atoms with Crippen molar-refractivity contribution < 1.29 is 14.6 Å². The molecule has 2 aromatic heterocycles. The van der Waals surface area contributed by atoms with Gasteiger partial charge in [-0.15, -0.1) is 0 Å². The molecule has 1 fully saturated rings. The van der Waals surface area contributed by atoms with Crippen LogP contribution in [0.25, 0.3) is 27.6 Å². The molecule has 4 aromatic rings. The number of aromatic nitrogens is 3. The van der Waals surface area contributed by atoms with Crippen molar-refractivity contribution in [2.45, 2.75) is 25.2 Å². The molecule has 1 aliphatic rings. The van der Waals surface area contributed by atoms with E-state index >= 15 is 0 Å². The van der Waals surface area contributed by atoms with Crippen LogP contribution in [0, 0.1) is 0 Å². The molecular weight excluding hydrogens is 475 g/mol. The zero-order valence-corrected chi connectivity index (χ0v) is 20.1. The third-order valence-electron chi connectivity index (χ3n) is 6.24. The Labute approximate surface area is 207 Å². The molecule has 9 heteroatoms. The summed E-state index contributed by atoms with van der Waals surface area (Å²) in [5, 5.41) is 12.7. The van der Waals surface area contributed by atoms with Crippen LogP contribution in [-0.4, -0.2) is 57.1 Å². The molecule has 0 spiro atoms. The number of fused-ring (bicyclic) bond motifs is 2. The van der Waals surface area contributed by atoms with E-state index in [1.54, 1.807) is 19.3 Å². The normalized spacial score (nSPS) is 16.1. The highest BCUT2D eigenvalue weighted by atomic mass is 35.5. The topological polar surface area (TPSA) is 72.6 Å². The summed E-state index contributed by atoms with van der Waals surface area (Å²) in [6, 6.07) is 9.41. The van der Waals surface area contributed by atoms with Crippen LogP contribution in [0.15, 0.2) is 55.5 Å². The van der Waals surface area contributed by atoms with E-state index < -0.39 is 6.23 Å². The van der Waals surface area contributed by atoms with Gasteiger partial charge in [-0.3, -0.25) is 4.90 Å². The number of aliphatic hydroxyl groups is 1. The van der Waals surface area contributed by atoms with E-state index in [9.17, 15) is 5.11 Å². The van der Waals surface area contributed by atoms with Gasteiger partial charge >= 0.3 is 0 Å². The molecule has 1 saturated heterocycles.